The van der Waals surface area contributed by atoms with Gasteiger partial charge in [0.25, 0.3) is 5.91 Å². The average Bonchev–Trinajstić information content (AvgIpc) is 3.33. The topological polar surface area (TPSA) is 50.4 Å². The summed E-state index contributed by atoms with van der Waals surface area (Å²) < 4.78 is 5.96. The van der Waals surface area contributed by atoms with Crippen LogP contribution in [-0.4, -0.2) is 13.0 Å². The first-order chi connectivity index (χ1) is 15.2. The molecule has 0 aromatic heterocycles. The molecule has 1 aliphatic heterocycles. The van der Waals surface area contributed by atoms with Crippen molar-refractivity contribution >= 4 is 11.6 Å². The lowest BCUT2D eigenvalue weighted by atomic mass is 9.76. The van der Waals surface area contributed by atoms with Crippen LogP contribution in [0.15, 0.2) is 84.9 Å². The summed E-state index contributed by atoms with van der Waals surface area (Å²) in [7, 11) is 1.68. The van der Waals surface area contributed by atoms with Crippen LogP contribution in [-0.2, 0) is 6.61 Å². The van der Waals surface area contributed by atoms with Crippen LogP contribution in [0.2, 0.25) is 0 Å². The van der Waals surface area contributed by atoms with Crippen molar-refractivity contribution in [2.45, 2.75) is 25.0 Å². The predicted molar refractivity (Wildman–Crippen MR) is 123 cm³/mol. The van der Waals surface area contributed by atoms with Gasteiger partial charge < -0.3 is 15.4 Å². The van der Waals surface area contributed by atoms with Gasteiger partial charge in [-0.05, 0) is 47.2 Å². The standard InChI is InChI=1S/C27H26N2O2/c1-28-27(30)24-12-6-11-23-21-9-5-10-22(21)25(29-26(23)24)19-13-15-20(16-14-19)31-17-18-7-3-2-4-8-18/h2-9,11-16,21-22,25,29H,10,17H2,1H3,(H,28,30). The van der Waals surface area contributed by atoms with E-state index in [1.165, 1.54) is 11.1 Å². The summed E-state index contributed by atoms with van der Waals surface area (Å²) >= 11 is 0. The van der Waals surface area contributed by atoms with Crippen LogP contribution in [0.25, 0.3) is 0 Å². The average molecular weight is 411 g/mol. The SMILES string of the molecule is CNC(=O)c1cccc2c1NC(c1ccc(OCc3ccccc3)cc1)C1CC=CC21. The van der Waals surface area contributed by atoms with Gasteiger partial charge in [0.05, 0.1) is 17.3 Å². The number of fused-ring (bicyclic) bond motifs is 3. The Balaban J connectivity index is 1.40. The van der Waals surface area contributed by atoms with Crippen molar-refractivity contribution < 1.29 is 9.53 Å². The molecule has 3 atom stereocenters. The summed E-state index contributed by atoms with van der Waals surface area (Å²) in [5.74, 6) is 1.55. The van der Waals surface area contributed by atoms with E-state index >= 15 is 0 Å². The zero-order valence-electron chi connectivity index (χ0n) is 17.5. The fourth-order valence-corrected chi connectivity index (χ4v) is 4.79. The summed E-state index contributed by atoms with van der Waals surface area (Å²) in [6, 6.07) is 24.7. The second kappa shape index (κ2) is 8.31. The Bertz CT molecular complexity index is 1110. The summed E-state index contributed by atoms with van der Waals surface area (Å²) in [6.45, 7) is 0.555. The number of ether oxygens (including phenoxy) is 1. The van der Waals surface area contributed by atoms with E-state index in [2.05, 4.69) is 53.1 Å². The van der Waals surface area contributed by atoms with E-state index in [9.17, 15) is 4.79 Å². The number of anilines is 1. The number of para-hydroxylation sites is 1. The Morgan fingerprint density at radius 2 is 1.84 bits per heavy atom. The third-order valence-electron chi connectivity index (χ3n) is 6.36. The molecule has 3 aromatic rings. The first-order valence-electron chi connectivity index (χ1n) is 10.8. The minimum atomic E-state index is -0.0619. The van der Waals surface area contributed by atoms with Crippen molar-refractivity contribution in [3.63, 3.8) is 0 Å². The number of rotatable bonds is 5. The first kappa shape index (κ1) is 19.4. The molecule has 5 rings (SSSR count). The van der Waals surface area contributed by atoms with Gasteiger partial charge >= 0.3 is 0 Å². The van der Waals surface area contributed by atoms with Gasteiger partial charge in [0.2, 0.25) is 0 Å². The van der Waals surface area contributed by atoms with Gasteiger partial charge in [-0.1, -0.05) is 66.7 Å². The Morgan fingerprint density at radius 3 is 2.61 bits per heavy atom. The fraction of sp³-hybridized carbons (Fsp3) is 0.222. The van der Waals surface area contributed by atoms with Crippen molar-refractivity contribution in [1.29, 1.82) is 0 Å². The molecule has 0 saturated heterocycles. The summed E-state index contributed by atoms with van der Waals surface area (Å²) in [5, 5.41) is 6.47. The van der Waals surface area contributed by atoms with Crippen LogP contribution in [0.5, 0.6) is 5.75 Å². The van der Waals surface area contributed by atoms with E-state index in [0.717, 1.165) is 23.4 Å². The maximum atomic E-state index is 12.5. The maximum absolute atomic E-state index is 12.5. The molecule has 3 aromatic carbocycles. The van der Waals surface area contributed by atoms with E-state index in [-0.39, 0.29) is 11.9 Å². The van der Waals surface area contributed by atoms with Gasteiger partial charge in [-0.2, -0.15) is 0 Å². The Morgan fingerprint density at radius 1 is 1.03 bits per heavy atom. The second-order valence-corrected chi connectivity index (χ2v) is 8.17. The van der Waals surface area contributed by atoms with Gasteiger partial charge in [-0.15, -0.1) is 0 Å². The maximum Gasteiger partial charge on any atom is 0.253 e. The number of carbonyl (C=O) groups excluding carboxylic acids is 1. The van der Waals surface area contributed by atoms with Crippen LogP contribution >= 0.6 is 0 Å². The van der Waals surface area contributed by atoms with E-state index in [1.807, 2.05) is 42.5 Å². The quantitative estimate of drug-likeness (QED) is 0.550. The third kappa shape index (κ3) is 3.70. The third-order valence-corrected chi connectivity index (χ3v) is 6.36. The van der Waals surface area contributed by atoms with Gasteiger partial charge in [-0.3, -0.25) is 4.79 Å². The number of nitrogens with one attached hydrogen (secondary N) is 2. The normalized spacial score (nSPS) is 21.0. The van der Waals surface area contributed by atoms with Crippen LogP contribution in [0.1, 0.15) is 45.4 Å². The number of amides is 1. The highest BCUT2D eigenvalue weighted by molar-refractivity contribution is 6.00. The number of allylic oxidation sites excluding steroid dienone is 2. The van der Waals surface area contributed by atoms with E-state index in [1.54, 1.807) is 7.05 Å². The molecule has 1 heterocycles. The molecule has 156 valence electrons. The lowest BCUT2D eigenvalue weighted by Gasteiger charge is -2.38. The number of carbonyl (C=O) groups is 1. The molecule has 0 bridgehead atoms. The predicted octanol–water partition coefficient (Wildman–Crippen LogP) is 5.45. The molecular weight excluding hydrogens is 384 g/mol. The lowest BCUT2D eigenvalue weighted by Crippen LogP contribution is -2.31. The van der Waals surface area contributed by atoms with Crippen molar-refractivity contribution in [2.24, 2.45) is 5.92 Å². The monoisotopic (exact) mass is 410 g/mol. The van der Waals surface area contributed by atoms with Crippen molar-refractivity contribution in [1.82, 2.24) is 5.32 Å². The Hall–Kier alpha value is -3.53. The highest BCUT2D eigenvalue weighted by atomic mass is 16.5. The van der Waals surface area contributed by atoms with Gasteiger partial charge in [0, 0.05) is 13.0 Å². The second-order valence-electron chi connectivity index (χ2n) is 8.17. The fourth-order valence-electron chi connectivity index (χ4n) is 4.79. The van der Waals surface area contributed by atoms with Crippen LogP contribution in [0.4, 0.5) is 5.69 Å². The zero-order chi connectivity index (χ0) is 21.2. The van der Waals surface area contributed by atoms with Gasteiger partial charge in [0.15, 0.2) is 0 Å². The Labute approximate surface area is 183 Å². The molecule has 2 aliphatic rings. The number of benzene rings is 3. The van der Waals surface area contributed by atoms with Crippen LogP contribution in [0, 0.1) is 5.92 Å². The molecule has 4 nitrogen and oxygen atoms in total. The van der Waals surface area contributed by atoms with E-state index in [0.29, 0.717) is 24.0 Å². The largest absolute Gasteiger partial charge is 0.489 e. The minimum absolute atomic E-state index is 0.0619. The van der Waals surface area contributed by atoms with Crippen molar-refractivity contribution in [3.8, 4) is 5.75 Å². The van der Waals surface area contributed by atoms with E-state index < -0.39 is 0 Å². The molecule has 0 fully saturated rings. The van der Waals surface area contributed by atoms with Crippen LogP contribution < -0.4 is 15.4 Å². The molecule has 3 unspecified atom stereocenters. The minimum Gasteiger partial charge on any atom is -0.489 e. The number of hydrogen-bond donors (Lipinski definition) is 2. The molecule has 1 amide bonds. The summed E-state index contributed by atoms with van der Waals surface area (Å²) in [6.07, 6.45) is 5.59. The van der Waals surface area contributed by atoms with Crippen molar-refractivity contribution in [2.75, 3.05) is 12.4 Å². The van der Waals surface area contributed by atoms with Crippen LogP contribution in [0.3, 0.4) is 0 Å². The molecule has 4 heteroatoms. The molecule has 2 N–H and O–H groups in total. The number of hydrogen-bond acceptors (Lipinski definition) is 3. The Kier molecular flexibility index (Phi) is 5.21. The summed E-state index contributed by atoms with van der Waals surface area (Å²) in [5.41, 5.74) is 5.22. The molecule has 0 saturated carbocycles. The first-order valence-corrected chi connectivity index (χ1v) is 10.8. The smallest absolute Gasteiger partial charge is 0.253 e. The molecule has 1 aliphatic carbocycles. The van der Waals surface area contributed by atoms with Gasteiger partial charge in [0.1, 0.15) is 12.4 Å². The molecule has 0 radical (unpaired) electrons. The van der Waals surface area contributed by atoms with E-state index in [4.69, 9.17) is 4.74 Å². The molecule has 0 spiro atoms. The molecule has 31 heavy (non-hydrogen) atoms. The lowest BCUT2D eigenvalue weighted by molar-refractivity contribution is 0.0963. The highest BCUT2D eigenvalue weighted by Crippen LogP contribution is 2.50. The van der Waals surface area contributed by atoms with Gasteiger partial charge in [-0.25, -0.2) is 0 Å². The molecular formula is C27H26N2O2. The zero-order valence-corrected chi connectivity index (χ0v) is 17.5. The summed E-state index contributed by atoms with van der Waals surface area (Å²) in [4.78, 5) is 12.5. The highest BCUT2D eigenvalue weighted by Gasteiger charge is 2.39. The van der Waals surface area contributed by atoms with Crippen molar-refractivity contribution in [3.05, 3.63) is 107 Å².